The van der Waals surface area contributed by atoms with E-state index >= 15 is 0 Å². The van der Waals surface area contributed by atoms with Gasteiger partial charge in [0.2, 0.25) is 35.4 Å². The second-order valence-corrected chi connectivity index (χ2v) is 17.3. The van der Waals surface area contributed by atoms with Gasteiger partial charge in [-0.25, -0.2) is 4.79 Å². The molecule has 9 N–H and O–H groups in total. The van der Waals surface area contributed by atoms with E-state index in [-0.39, 0.29) is 37.0 Å². The molecule has 0 aliphatic carbocycles. The van der Waals surface area contributed by atoms with Crippen LogP contribution >= 0.6 is 0 Å². The van der Waals surface area contributed by atoms with Gasteiger partial charge in [-0.2, -0.15) is 0 Å². The van der Waals surface area contributed by atoms with Crippen LogP contribution in [0, 0.1) is 5.92 Å². The highest BCUT2D eigenvalue weighted by atomic mass is 16.5. The number of nitrogens with two attached hydrogens (primary N) is 1. The average Bonchev–Trinajstić information content (AvgIpc) is 3.27. The first-order valence-corrected chi connectivity index (χ1v) is 23.5. The Kier molecular flexibility index (Phi) is 27.4. The lowest BCUT2D eigenvalue weighted by atomic mass is 10.0. The van der Waals surface area contributed by atoms with Crippen molar-refractivity contribution in [1.82, 2.24) is 26.6 Å². The summed E-state index contributed by atoms with van der Waals surface area (Å²) in [6.45, 7) is 5.65. The molecule has 0 spiro atoms. The number of unbranched alkanes of at least 4 members (excludes halogenated alkanes) is 11. The van der Waals surface area contributed by atoms with E-state index in [4.69, 9.17) is 15.2 Å². The van der Waals surface area contributed by atoms with Crippen molar-refractivity contribution in [2.24, 2.45) is 11.7 Å². The normalized spacial score (nSPS) is 13.3. The van der Waals surface area contributed by atoms with Gasteiger partial charge in [-0.05, 0) is 61.8 Å². The number of ether oxygens (including phenoxy) is 2. The summed E-state index contributed by atoms with van der Waals surface area (Å²) >= 11 is 0. The summed E-state index contributed by atoms with van der Waals surface area (Å²) in [5.74, 6) is -3.24. The van der Waals surface area contributed by atoms with Crippen LogP contribution in [-0.4, -0.2) is 103 Å². The number of hydrogen-bond acceptors (Lipinski definition) is 10. The van der Waals surface area contributed by atoms with Gasteiger partial charge < -0.3 is 52.0 Å². The van der Waals surface area contributed by atoms with Crippen molar-refractivity contribution in [3.63, 3.8) is 0 Å². The highest BCUT2D eigenvalue weighted by Crippen LogP contribution is 2.27. The van der Waals surface area contributed by atoms with Crippen molar-refractivity contribution in [1.29, 1.82) is 0 Å². The predicted octanol–water partition coefficient (Wildman–Crippen LogP) is 4.39. The van der Waals surface area contributed by atoms with Crippen LogP contribution in [0.2, 0.25) is 0 Å². The standard InChI is InChI=1S/C49H76N6O11/c1-33(2)29-37(46(60)51-28-27-36-25-26-40(65-4)41(31-36)66-5)53-48(62)45(34(3)56)55-44(59)24-20-15-13-11-9-7-6-8-10-12-14-19-23-43(58)52-38(32-42(50)57)47(61)54-39(49(63)64)30-35-21-17-16-18-22-35/h16-18,21-22,25-26,31,33-34,37-39,45,56H,6-15,19-20,23-24,27-30,32H2,1-5H3,(H2,50,57)(H,51,60)(H,52,58)(H,53,62)(H,54,61)(H,55,59)(H,63,64)/t34?,37-,38-,39+,45-/m1/s1. The lowest BCUT2D eigenvalue weighted by molar-refractivity contribution is -0.142. The molecule has 368 valence electrons. The molecule has 0 aromatic heterocycles. The fourth-order valence-corrected chi connectivity index (χ4v) is 7.44. The highest BCUT2D eigenvalue weighted by molar-refractivity contribution is 5.94. The first kappa shape index (κ1) is 56.4. The monoisotopic (exact) mass is 925 g/mol. The first-order valence-electron chi connectivity index (χ1n) is 23.5. The largest absolute Gasteiger partial charge is 0.493 e. The van der Waals surface area contributed by atoms with E-state index < -0.39 is 66.3 Å². The number of carboxylic acids is 1. The van der Waals surface area contributed by atoms with Gasteiger partial charge in [0, 0.05) is 25.8 Å². The quantitative estimate of drug-likeness (QED) is 0.0450. The minimum Gasteiger partial charge on any atom is -0.493 e. The Hall–Kier alpha value is -5.71. The Bertz CT molecular complexity index is 1810. The van der Waals surface area contributed by atoms with E-state index in [1.807, 2.05) is 26.0 Å². The zero-order valence-corrected chi connectivity index (χ0v) is 39.7. The van der Waals surface area contributed by atoms with Crippen LogP contribution in [0.25, 0.3) is 0 Å². The number of carbonyl (C=O) groups is 7. The number of rotatable bonds is 35. The minimum atomic E-state index is -1.27. The first-order chi connectivity index (χ1) is 31.5. The Morgan fingerprint density at radius 3 is 1.64 bits per heavy atom. The summed E-state index contributed by atoms with van der Waals surface area (Å²) in [7, 11) is 3.12. The minimum absolute atomic E-state index is 0.0388. The topological polar surface area (TPSA) is 265 Å². The number of carbonyl (C=O) groups excluding carboxylic acids is 6. The molecule has 2 aromatic rings. The fourth-order valence-electron chi connectivity index (χ4n) is 7.44. The van der Waals surface area contributed by atoms with Crippen LogP contribution in [0.15, 0.2) is 48.5 Å². The molecule has 6 amide bonds. The maximum absolute atomic E-state index is 13.3. The number of aliphatic hydroxyl groups is 1. The maximum atomic E-state index is 13.3. The molecular formula is C49H76N6O11. The van der Waals surface area contributed by atoms with E-state index in [2.05, 4.69) is 26.6 Å². The molecule has 0 heterocycles. The van der Waals surface area contributed by atoms with Crippen LogP contribution in [0.5, 0.6) is 11.5 Å². The molecule has 0 radical (unpaired) electrons. The number of nitrogens with one attached hydrogen (secondary N) is 5. The lowest BCUT2D eigenvalue weighted by Gasteiger charge is -2.25. The number of aliphatic carboxylic acids is 1. The van der Waals surface area contributed by atoms with Gasteiger partial charge in [0.1, 0.15) is 24.2 Å². The molecule has 2 aromatic carbocycles. The molecular weight excluding hydrogens is 849 g/mol. The van der Waals surface area contributed by atoms with Gasteiger partial charge in [0.15, 0.2) is 11.5 Å². The predicted molar refractivity (Wildman–Crippen MR) is 251 cm³/mol. The second-order valence-electron chi connectivity index (χ2n) is 17.3. The van der Waals surface area contributed by atoms with Crippen molar-refractivity contribution < 1.29 is 53.2 Å². The summed E-state index contributed by atoms with van der Waals surface area (Å²) in [6, 6.07) is 9.77. The molecule has 1 unspecified atom stereocenters. The average molecular weight is 925 g/mol. The molecule has 0 bridgehead atoms. The Labute approximate surface area is 390 Å². The summed E-state index contributed by atoms with van der Waals surface area (Å²) in [4.78, 5) is 88.2. The number of amides is 6. The number of carboxylic acid groups (broad SMARTS) is 1. The lowest BCUT2D eigenvalue weighted by Crippen LogP contribution is -2.57. The van der Waals surface area contributed by atoms with Crippen molar-refractivity contribution in [3.05, 3.63) is 59.7 Å². The van der Waals surface area contributed by atoms with Crippen molar-refractivity contribution in [2.75, 3.05) is 20.8 Å². The number of primary amides is 1. The van der Waals surface area contributed by atoms with Gasteiger partial charge in [-0.3, -0.25) is 28.8 Å². The van der Waals surface area contributed by atoms with Gasteiger partial charge in [-0.15, -0.1) is 0 Å². The van der Waals surface area contributed by atoms with E-state index in [1.165, 1.54) is 6.92 Å². The maximum Gasteiger partial charge on any atom is 0.326 e. The second kappa shape index (κ2) is 32.0. The van der Waals surface area contributed by atoms with Crippen LogP contribution in [0.3, 0.4) is 0 Å². The number of benzene rings is 2. The highest BCUT2D eigenvalue weighted by Gasteiger charge is 2.31. The van der Waals surface area contributed by atoms with E-state index in [9.17, 15) is 43.8 Å². The molecule has 0 saturated heterocycles. The molecule has 66 heavy (non-hydrogen) atoms. The summed E-state index contributed by atoms with van der Waals surface area (Å²) in [5.41, 5.74) is 6.96. The Balaban J connectivity index is 1.60. The third-order valence-corrected chi connectivity index (χ3v) is 11.1. The van der Waals surface area contributed by atoms with Crippen LogP contribution in [-0.2, 0) is 46.4 Å². The zero-order valence-electron chi connectivity index (χ0n) is 39.7. The Morgan fingerprint density at radius 2 is 1.14 bits per heavy atom. The Morgan fingerprint density at radius 1 is 0.606 bits per heavy atom. The summed E-state index contributed by atoms with van der Waals surface area (Å²) < 4.78 is 10.6. The molecule has 17 heteroatoms. The molecule has 0 aliphatic rings. The molecule has 0 saturated carbocycles. The van der Waals surface area contributed by atoms with Gasteiger partial charge in [-0.1, -0.05) is 114 Å². The zero-order chi connectivity index (χ0) is 48.9. The third kappa shape index (κ3) is 23.5. The van der Waals surface area contributed by atoms with Crippen molar-refractivity contribution in [2.45, 2.75) is 167 Å². The molecule has 2 rings (SSSR count). The summed E-state index contributed by atoms with van der Waals surface area (Å²) in [6.07, 6.45) is 11.0. The molecule has 17 nitrogen and oxygen atoms in total. The smallest absolute Gasteiger partial charge is 0.326 e. The van der Waals surface area contributed by atoms with Gasteiger partial charge in [0.25, 0.3) is 0 Å². The van der Waals surface area contributed by atoms with E-state index in [1.54, 1.807) is 50.6 Å². The van der Waals surface area contributed by atoms with Gasteiger partial charge in [0.05, 0.1) is 26.7 Å². The molecule has 5 atom stereocenters. The van der Waals surface area contributed by atoms with Crippen LogP contribution in [0.4, 0.5) is 0 Å². The van der Waals surface area contributed by atoms with Crippen molar-refractivity contribution in [3.8, 4) is 11.5 Å². The third-order valence-electron chi connectivity index (χ3n) is 11.1. The number of methoxy groups -OCH3 is 2. The summed E-state index contributed by atoms with van der Waals surface area (Å²) in [5, 5.41) is 33.3. The van der Waals surface area contributed by atoms with E-state index in [0.29, 0.717) is 49.3 Å². The fraction of sp³-hybridized carbons (Fsp3) is 0.612. The van der Waals surface area contributed by atoms with Crippen LogP contribution < -0.4 is 41.8 Å². The number of aliphatic hydroxyl groups excluding tert-OH is 1. The van der Waals surface area contributed by atoms with E-state index in [0.717, 1.165) is 69.8 Å². The SMILES string of the molecule is COc1ccc(CCNC(=O)[C@@H](CC(C)C)NC(=O)[C@H](NC(=O)CCCCCCCCCCCCCCC(=O)N[C@H](CC(N)=O)C(=O)N[C@@H](Cc2ccccc2)C(=O)O)C(C)O)cc1OC. The van der Waals surface area contributed by atoms with Crippen LogP contribution in [0.1, 0.15) is 135 Å². The molecule has 0 fully saturated rings. The number of hydrogen-bond donors (Lipinski definition) is 8. The van der Waals surface area contributed by atoms with Gasteiger partial charge >= 0.3 is 5.97 Å². The van der Waals surface area contributed by atoms with Crippen molar-refractivity contribution >= 4 is 41.4 Å². The molecule has 0 aliphatic heterocycles.